The summed E-state index contributed by atoms with van der Waals surface area (Å²) in [5.41, 5.74) is 0.596. The third-order valence-corrected chi connectivity index (χ3v) is 4.21. The minimum absolute atomic E-state index is 0.378. The number of hydrogen-bond acceptors (Lipinski definition) is 3. The third kappa shape index (κ3) is 1.90. The van der Waals surface area contributed by atoms with E-state index in [0.29, 0.717) is 23.7 Å². The molecule has 1 spiro atoms. The zero-order valence-electron chi connectivity index (χ0n) is 12.9. The van der Waals surface area contributed by atoms with Gasteiger partial charge in [-0.3, -0.25) is 14.9 Å². The lowest BCUT2D eigenvalue weighted by Gasteiger charge is -2.21. The summed E-state index contributed by atoms with van der Waals surface area (Å²) in [4.78, 5) is 38.5. The van der Waals surface area contributed by atoms with Crippen molar-refractivity contribution in [3.8, 4) is 0 Å². The van der Waals surface area contributed by atoms with Crippen LogP contribution in [0.2, 0.25) is 0 Å². The zero-order chi connectivity index (χ0) is 16.1. The van der Waals surface area contributed by atoms with E-state index in [1.54, 1.807) is 11.0 Å². The van der Waals surface area contributed by atoms with Crippen molar-refractivity contribution in [3.63, 3.8) is 0 Å². The Kier molecular flexibility index (Phi) is 3.20. The number of imide groups is 1. The number of hydrogen-bond donors (Lipinski definition) is 2. The molecule has 2 aliphatic rings. The van der Waals surface area contributed by atoms with Gasteiger partial charge >= 0.3 is 6.03 Å². The van der Waals surface area contributed by atoms with E-state index in [2.05, 4.69) is 24.5 Å². The predicted molar refractivity (Wildman–Crippen MR) is 81.3 cm³/mol. The van der Waals surface area contributed by atoms with E-state index in [-0.39, 0.29) is 5.91 Å². The zero-order valence-corrected chi connectivity index (χ0v) is 12.9. The second-order valence-electron chi connectivity index (χ2n) is 6.32. The van der Waals surface area contributed by atoms with Crippen molar-refractivity contribution in [2.75, 3.05) is 11.4 Å². The lowest BCUT2D eigenvalue weighted by Crippen LogP contribution is -2.52. The van der Waals surface area contributed by atoms with E-state index in [0.717, 1.165) is 12.0 Å². The van der Waals surface area contributed by atoms with Crippen molar-refractivity contribution in [2.24, 2.45) is 5.92 Å². The second kappa shape index (κ2) is 4.83. The molecule has 6 nitrogen and oxygen atoms in total. The van der Waals surface area contributed by atoms with Crippen molar-refractivity contribution >= 4 is 23.5 Å². The first-order valence-corrected chi connectivity index (χ1v) is 7.43. The summed E-state index contributed by atoms with van der Waals surface area (Å²) in [5.74, 6) is -0.538. The normalized spacial score (nSPS) is 23.3. The van der Waals surface area contributed by atoms with Gasteiger partial charge in [-0.2, -0.15) is 0 Å². The number of aryl methyl sites for hydroxylation is 1. The van der Waals surface area contributed by atoms with Crippen molar-refractivity contribution in [1.29, 1.82) is 0 Å². The van der Waals surface area contributed by atoms with Crippen LogP contribution in [0.25, 0.3) is 0 Å². The van der Waals surface area contributed by atoms with Crippen molar-refractivity contribution in [1.82, 2.24) is 10.6 Å². The summed E-state index contributed by atoms with van der Waals surface area (Å²) < 4.78 is 0. The average Bonchev–Trinajstić information content (AvgIpc) is 2.86. The molecule has 1 atom stereocenters. The SMILES string of the molecule is Cc1ccc2c(c1)C1(NC(=O)NC1=O)C(=O)N2CCC(C)C. The smallest absolute Gasteiger partial charge is 0.312 e. The molecule has 1 aromatic rings. The van der Waals surface area contributed by atoms with Gasteiger partial charge in [-0.05, 0) is 25.3 Å². The van der Waals surface area contributed by atoms with Gasteiger partial charge in [0.1, 0.15) is 0 Å². The maximum Gasteiger partial charge on any atom is 0.323 e. The number of amides is 4. The van der Waals surface area contributed by atoms with Gasteiger partial charge in [0.05, 0.1) is 5.69 Å². The molecule has 1 unspecified atom stereocenters. The van der Waals surface area contributed by atoms with Crippen molar-refractivity contribution in [2.45, 2.75) is 32.7 Å². The highest BCUT2D eigenvalue weighted by atomic mass is 16.2. The monoisotopic (exact) mass is 301 g/mol. The fraction of sp³-hybridized carbons (Fsp3) is 0.438. The van der Waals surface area contributed by atoms with Crippen molar-refractivity contribution in [3.05, 3.63) is 29.3 Å². The van der Waals surface area contributed by atoms with Gasteiger partial charge in [0.15, 0.2) is 0 Å². The molecule has 0 radical (unpaired) electrons. The van der Waals surface area contributed by atoms with Crippen molar-refractivity contribution < 1.29 is 14.4 Å². The van der Waals surface area contributed by atoms with Gasteiger partial charge in [0.2, 0.25) is 5.54 Å². The molecule has 0 bridgehead atoms. The molecule has 2 heterocycles. The number of nitrogens with one attached hydrogen (secondary N) is 2. The standard InChI is InChI=1S/C16H19N3O3/c1-9(2)6-7-19-12-5-4-10(3)8-11(12)16(14(19)21)13(20)17-15(22)18-16/h4-5,8-9H,6-7H2,1-3H3,(H2,17,18,20,22). The van der Waals surface area contributed by atoms with E-state index < -0.39 is 17.5 Å². The number of fused-ring (bicyclic) bond motifs is 2. The number of carbonyl (C=O) groups is 3. The summed E-state index contributed by atoms with van der Waals surface area (Å²) >= 11 is 0. The maximum atomic E-state index is 12.9. The quantitative estimate of drug-likeness (QED) is 0.654. The number of benzene rings is 1. The molecule has 3 rings (SSSR count). The molecule has 4 amide bonds. The average molecular weight is 301 g/mol. The van der Waals surface area contributed by atoms with Gasteiger partial charge in [-0.15, -0.1) is 0 Å². The molecule has 2 aliphatic heterocycles. The molecular formula is C16H19N3O3. The van der Waals surface area contributed by atoms with Crippen LogP contribution in [0.5, 0.6) is 0 Å². The summed E-state index contributed by atoms with van der Waals surface area (Å²) in [6, 6.07) is 4.92. The molecule has 22 heavy (non-hydrogen) atoms. The highest BCUT2D eigenvalue weighted by Crippen LogP contribution is 2.42. The number of carbonyl (C=O) groups excluding carboxylic acids is 3. The minimum atomic E-state index is -1.60. The van der Waals surface area contributed by atoms with Crippen LogP contribution in [-0.4, -0.2) is 24.4 Å². The van der Waals surface area contributed by atoms with Gasteiger partial charge in [-0.25, -0.2) is 4.79 Å². The molecule has 6 heteroatoms. The predicted octanol–water partition coefficient (Wildman–Crippen LogP) is 1.42. The third-order valence-electron chi connectivity index (χ3n) is 4.21. The Labute approximate surface area is 128 Å². The molecule has 1 aromatic carbocycles. The van der Waals surface area contributed by atoms with Gasteiger partial charge < -0.3 is 10.2 Å². The fourth-order valence-electron chi connectivity index (χ4n) is 3.02. The molecule has 1 saturated heterocycles. The highest BCUT2D eigenvalue weighted by molar-refractivity contribution is 6.27. The van der Waals surface area contributed by atoms with Crippen LogP contribution in [0.3, 0.4) is 0 Å². The molecular weight excluding hydrogens is 282 g/mol. The Morgan fingerprint density at radius 2 is 1.95 bits per heavy atom. The Hall–Kier alpha value is -2.37. The lowest BCUT2D eigenvalue weighted by molar-refractivity contribution is -0.133. The van der Waals surface area contributed by atoms with E-state index in [9.17, 15) is 14.4 Å². The molecule has 1 fully saturated rings. The topological polar surface area (TPSA) is 78.5 Å². The highest BCUT2D eigenvalue weighted by Gasteiger charge is 2.61. The molecule has 2 N–H and O–H groups in total. The fourth-order valence-corrected chi connectivity index (χ4v) is 3.02. The number of rotatable bonds is 3. The first kappa shape index (κ1) is 14.6. The Morgan fingerprint density at radius 1 is 1.23 bits per heavy atom. The minimum Gasteiger partial charge on any atom is -0.312 e. The summed E-state index contributed by atoms with van der Waals surface area (Å²) in [7, 11) is 0. The second-order valence-corrected chi connectivity index (χ2v) is 6.32. The molecule has 0 aliphatic carbocycles. The lowest BCUT2D eigenvalue weighted by atomic mass is 9.90. The Morgan fingerprint density at radius 3 is 2.55 bits per heavy atom. The number of anilines is 1. The van der Waals surface area contributed by atoms with Gasteiger partial charge in [-0.1, -0.05) is 31.5 Å². The van der Waals surface area contributed by atoms with Crippen LogP contribution in [0, 0.1) is 12.8 Å². The van der Waals surface area contributed by atoms with Crippen LogP contribution < -0.4 is 15.5 Å². The molecule has 0 saturated carbocycles. The Balaban J connectivity index is 2.11. The van der Waals surface area contributed by atoms with Gasteiger partial charge in [0.25, 0.3) is 11.8 Å². The van der Waals surface area contributed by atoms with Crippen LogP contribution in [-0.2, 0) is 15.1 Å². The van der Waals surface area contributed by atoms with Crippen LogP contribution in [0.4, 0.5) is 10.5 Å². The molecule has 0 aromatic heterocycles. The van der Waals surface area contributed by atoms with Crippen LogP contribution in [0.1, 0.15) is 31.4 Å². The van der Waals surface area contributed by atoms with E-state index in [4.69, 9.17) is 0 Å². The van der Waals surface area contributed by atoms with Crippen LogP contribution >= 0.6 is 0 Å². The maximum absolute atomic E-state index is 12.9. The molecule has 116 valence electrons. The Bertz CT molecular complexity index is 683. The van der Waals surface area contributed by atoms with Gasteiger partial charge in [0, 0.05) is 12.1 Å². The summed E-state index contributed by atoms with van der Waals surface area (Å²) in [6.07, 6.45) is 0.824. The largest absolute Gasteiger partial charge is 0.323 e. The summed E-state index contributed by atoms with van der Waals surface area (Å²) in [6.45, 7) is 6.58. The van der Waals surface area contributed by atoms with E-state index >= 15 is 0 Å². The first-order chi connectivity index (χ1) is 10.4. The van der Waals surface area contributed by atoms with Crippen LogP contribution in [0.15, 0.2) is 18.2 Å². The number of urea groups is 1. The van der Waals surface area contributed by atoms with E-state index in [1.807, 2.05) is 19.1 Å². The first-order valence-electron chi connectivity index (χ1n) is 7.43. The summed E-state index contributed by atoms with van der Waals surface area (Å²) in [5, 5.41) is 4.73. The van der Waals surface area contributed by atoms with E-state index in [1.165, 1.54) is 0 Å². The number of nitrogens with zero attached hydrogens (tertiary/aromatic N) is 1.